The second kappa shape index (κ2) is 37.3. The predicted molar refractivity (Wildman–Crippen MR) is 390 cm³/mol. The Morgan fingerprint density at radius 2 is 0.904 bits per heavy atom. The summed E-state index contributed by atoms with van der Waals surface area (Å²) >= 11 is 5.61. The summed E-state index contributed by atoms with van der Waals surface area (Å²) < 4.78 is 31.7. The molecule has 14 rings (SSSR count). The number of carboxylic acid groups (broad SMARTS) is 3. The molecule has 0 spiro atoms. The highest BCUT2D eigenvalue weighted by molar-refractivity contribution is 8.26. The van der Waals surface area contributed by atoms with Gasteiger partial charge in [0.25, 0.3) is 11.1 Å². The summed E-state index contributed by atoms with van der Waals surface area (Å²) in [5, 5.41) is 34.7. The quantitative estimate of drug-likeness (QED) is 0.0285. The Balaban J connectivity index is 0.000000153. The Bertz CT molecular complexity index is 4530. The van der Waals surface area contributed by atoms with E-state index in [0.29, 0.717) is 40.6 Å². The lowest BCUT2D eigenvalue weighted by Crippen LogP contribution is -2.43. The van der Waals surface area contributed by atoms with Crippen molar-refractivity contribution < 1.29 is 66.3 Å². The molecular formula is C72H79Cl3N14O14S. The first kappa shape index (κ1) is 76.4. The van der Waals surface area contributed by atoms with Gasteiger partial charge in [0, 0.05) is 113 Å². The van der Waals surface area contributed by atoms with Crippen molar-refractivity contribution >= 4 is 116 Å². The van der Waals surface area contributed by atoms with Crippen LogP contribution in [0, 0.1) is 0 Å². The van der Waals surface area contributed by atoms with Gasteiger partial charge in [-0.05, 0) is 123 Å². The second-order valence-electron chi connectivity index (χ2n) is 25.2. The number of nitrogens with zero attached hydrogens (tertiary/aromatic N) is 8. The van der Waals surface area contributed by atoms with E-state index in [2.05, 4.69) is 71.0 Å². The van der Waals surface area contributed by atoms with Crippen LogP contribution in [-0.2, 0) is 41.2 Å². The van der Waals surface area contributed by atoms with Crippen LogP contribution in [0.5, 0.6) is 0 Å². The van der Waals surface area contributed by atoms with E-state index in [9.17, 15) is 43.8 Å². The molecule has 548 valence electrons. The highest BCUT2D eigenvalue weighted by atomic mass is 36.0. The van der Waals surface area contributed by atoms with Gasteiger partial charge in [0.05, 0.1) is 86.8 Å². The van der Waals surface area contributed by atoms with E-state index >= 15 is 0 Å². The van der Waals surface area contributed by atoms with Crippen LogP contribution >= 0.6 is 33.0 Å². The number of imidazole rings is 5. The number of aromatic carboxylic acids is 1. The lowest BCUT2D eigenvalue weighted by molar-refractivity contribution is -0.142. The van der Waals surface area contributed by atoms with Crippen molar-refractivity contribution in [2.75, 3.05) is 13.1 Å². The molecule has 0 bridgehead atoms. The molecule has 3 aliphatic rings. The zero-order valence-electron chi connectivity index (χ0n) is 56.5. The summed E-state index contributed by atoms with van der Waals surface area (Å²) in [6.07, 6.45) is 34.2. The number of carbonyl (C=O) groups excluding carboxylic acids is 4. The Morgan fingerprint density at radius 1 is 0.538 bits per heavy atom. The number of furan rings is 3. The number of amides is 3. The van der Waals surface area contributed by atoms with E-state index in [1.807, 2.05) is 36.4 Å². The number of H-pyrrole nitrogens is 2. The molecule has 3 fully saturated rings. The number of carbonyl (C=O) groups is 7. The number of hydrogen-bond acceptors (Lipinski definition) is 17. The number of halogens is 3. The molecule has 32 heteroatoms. The average Bonchev–Trinajstić information content (AvgIpc) is 1.63. The fourth-order valence-electron chi connectivity index (χ4n) is 13.3. The van der Waals surface area contributed by atoms with Crippen LogP contribution in [0.4, 0.5) is 0 Å². The highest BCUT2D eigenvalue weighted by Gasteiger charge is 2.28. The third kappa shape index (κ3) is 20.4. The van der Waals surface area contributed by atoms with E-state index in [4.69, 9.17) is 54.9 Å². The third-order valence-electron chi connectivity index (χ3n) is 18.2. The van der Waals surface area contributed by atoms with Crippen molar-refractivity contribution in [3.63, 3.8) is 0 Å². The summed E-state index contributed by atoms with van der Waals surface area (Å²) in [7, 11) is 7.36. The van der Waals surface area contributed by atoms with Crippen molar-refractivity contribution in [3.05, 3.63) is 164 Å². The predicted octanol–water partition coefficient (Wildman–Crippen LogP) is 13.0. The van der Waals surface area contributed by atoms with E-state index in [1.165, 1.54) is 82.8 Å². The van der Waals surface area contributed by atoms with Crippen molar-refractivity contribution in [1.82, 2.24) is 64.5 Å². The van der Waals surface area contributed by atoms with Crippen LogP contribution in [0.15, 0.2) is 149 Å². The van der Waals surface area contributed by atoms with Crippen molar-refractivity contribution in [3.8, 4) is 34.2 Å². The number of aromatic amines is 2. The minimum atomic E-state index is -1.67. The molecule has 0 saturated heterocycles. The lowest BCUT2D eigenvalue weighted by atomic mass is 9.95. The van der Waals surface area contributed by atoms with Gasteiger partial charge in [0.15, 0.2) is 0 Å². The first-order valence-corrected chi connectivity index (χ1v) is 37.3. The van der Waals surface area contributed by atoms with Crippen LogP contribution in [0.2, 0.25) is 0 Å². The smallest absolute Gasteiger partial charge is 0.335 e. The Kier molecular flexibility index (Phi) is 27.4. The Hall–Kier alpha value is -10.2. The summed E-state index contributed by atoms with van der Waals surface area (Å²) in [5.74, 6) is -1.72. The van der Waals surface area contributed by atoms with Crippen LogP contribution in [0.3, 0.4) is 0 Å². The standard InChI is InChI=1S/C27H30N6O5.C18H17ClN2O2.C18H18N2O3.C9H14N4O3.Cl2OS/c34-24(31-22(27(36)37)13-19-14-28-16-30-19)8-10-29-26(35)17-6-7-23-21(12-17)32-25(18-9-11-38-15-18)33(23)20-4-2-1-3-5-20;19-17(22)12-6-7-16-15(10-12)20-18(13-8-9-23-11-13)21(16)14-4-2-1-3-5-14;21-18(22)12-6-7-16-15(10-12)19-17(13-8-9-23-11-13)20(16)14-4-2-1-3-5-14;10-2-1-8(14)13-7(9(15)16)3-6-4-11-5-12-6;1-4(2)3/h6-7,9,11-12,14-16,20,22H,1-5,8,10,13H2,(H,28,30)(H,29,35)(H,31,34)(H,36,37);6-11,14H,1-5H2;6-11,14H,1-5H2,(H,21,22);4-5,7H,1-3,10H2,(H,11,12)(H,13,14)(H,15,16);. The maximum absolute atomic E-state index is 12.8. The van der Waals surface area contributed by atoms with Crippen molar-refractivity contribution in [1.29, 1.82) is 0 Å². The molecule has 104 heavy (non-hydrogen) atoms. The van der Waals surface area contributed by atoms with Gasteiger partial charge in [-0.2, -0.15) is 0 Å². The molecule has 2 unspecified atom stereocenters. The molecule has 0 radical (unpaired) electrons. The van der Waals surface area contributed by atoms with E-state index in [-0.39, 0.29) is 56.2 Å². The zero-order valence-corrected chi connectivity index (χ0v) is 59.6. The van der Waals surface area contributed by atoms with Crippen LogP contribution in [-0.4, -0.2) is 134 Å². The highest BCUT2D eigenvalue weighted by Crippen LogP contribution is 2.40. The molecule has 8 heterocycles. The number of nitrogens with two attached hydrogens (primary N) is 1. The molecule has 11 aromatic rings. The Morgan fingerprint density at radius 3 is 1.24 bits per heavy atom. The van der Waals surface area contributed by atoms with Gasteiger partial charge in [-0.15, -0.1) is 0 Å². The minimum Gasteiger partial charge on any atom is -0.480 e. The second-order valence-corrected chi connectivity index (χ2v) is 28.1. The molecule has 28 nitrogen and oxygen atoms in total. The number of benzene rings is 3. The van der Waals surface area contributed by atoms with Crippen LogP contribution < -0.4 is 21.7 Å². The number of fused-ring (bicyclic) bond motifs is 3. The SMILES string of the molecule is NCCC(=O)NC(Cc1cnc[nH]1)C(=O)O.O=C(CCNC(=O)c1ccc2c(c1)nc(-c1ccoc1)n2C1CCCCC1)NC(Cc1cnc[nH]1)C(=O)O.O=C(Cl)c1ccc2c(c1)nc(-c1ccoc1)n2C1CCCCC1.O=C(O)c1ccc2c(c1)nc(-c1ccoc1)n2C1CCCCC1.O=S(Cl)Cl. The summed E-state index contributed by atoms with van der Waals surface area (Å²) in [6.45, 7) is 0.262. The van der Waals surface area contributed by atoms with Gasteiger partial charge >= 0.3 is 17.9 Å². The molecule has 0 aliphatic heterocycles. The topological polar surface area (TPSA) is 410 Å². The normalized spacial score (nSPS) is 14.7. The lowest BCUT2D eigenvalue weighted by Gasteiger charge is -2.25. The molecule has 3 saturated carbocycles. The number of aromatic nitrogens is 10. The first-order valence-electron chi connectivity index (χ1n) is 34.1. The molecule has 3 aliphatic carbocycles. The van der Waals surface area contributed by atoms with Gasteiger partial charge in [0.1, 0.15) is 48.3 Å². The maximum Gasteiger partial charge on any atom is 0.335 e. The van der Waals surface area contributed by atoms with Gasteiger partial charge in [-0.1, -0.05) is 57.8 Å². The number of aliphatic carboxylic acids is 2. The number of rotatable bonds is 22. The molecular weight excluding hydrogens is 1420 g/mol. The largest absolute Gasteiger partial charge is 0.480 e. The van der Waals surface area contributed by atoms with Crippen molar-refractivity contribution in [2.45, 2.75) is 152 Å². The number of hydrogen-bond donors (Lipinski definition) is 9. The van der Waals surface area contributed by atoms with Gasteiger partial charge in [0.2, 0.25) is 21.0 Å². The summed E-state index contributed by atoms with van der Waals surface area (Å²) in [6, 6.07) is 21.0. The first-order chi connectivity index (χ1) is 50.3. The number of carboxylic acids is 3. The molecule has 10 N–H and O–H groups in total. The zero-order chi connectivity index (χ0) is 73.7. The third-order valence-corrected chi connectivity index (χ3v) is 18.4. The van der Waals surface area contributed by atoms with E-state index in [1.54, 1.807) is 74.0 Å². The summed E-state index contributed by atoms with van der Waals surface area (Å²) in [4.78, 5) is 109. The fraction of sp³-hybridized carbons (Fsp3) is 0.361. The monoisotopic (exact) mass is 1500 g/mol. The van der Waals surface area contributed by atoms with Gasteiger partial charge in [-0.25, -0.2) is 43.5 Å². The van der Waals surface area contributed by atoms with Gasteiger partial charge in [-0.3, -0.25) is 19.2 Å². The van der Waals surface area contributed by atoms with E-state index in [0.717, 1.165) is 106 Å². The Labute approximate surface area is 612 Å². The summed E-state index contributed by atoms with van der Waals surface area (Å²) in [5.41, 5.74) is 15.7. The van der Waals surface area contributed by atoms with Crippen LogP contribution in [0.25, 0.3) is 67.3 Å². The molecule has 2 atom stereocenters. The van der Waals surface area contributed by atoms with Crippen molar-refractivity contribution in [2.24, 2.45) is 5.73 Å². The fourth-order valence-corrected chi connectivity index (χ4v) is 13.4. The molecule has 8 aromatic heterocycles. The maximum atomic E-state index is 12.8. The average molecular weight is 1500 g/mol. The van der Waals surface area contributed by atoms with Crippen LogP contribution in [0.1, 0.15) is 170 Å². The van der Waals surface area contributed by atoms with E-state index < -0.39 is 50.4 Å². The van der Waals surface area contributed by atoms with Gasteiger partial charge < -0.3 is 73.9 Å². The molecule has 3 amide bonds. The minimum absolute atomic E-state index is 0.0539. The number of nitrogens with one attached hydrogen (secondary N) is 5. The molecule has 3 aromatic carbocycles.